The van der Waals surface area contributed by atoms with Gasteiger partial charge in [-0.2, -0.15) is 0 Å². The quantitative estimate of drug-likeness (QED) is 0.882. The van der Waals surface area contributed by atoms with E-state index in [-0.39, 0.29) is 11.9 Å². The summed E-state index contributed by atoms with van der Waals surface area (Å²) in [6.07, 6.45) is 1.88. The van der Waals surface area contributed by atoms with Gasteiger partial charge in [-0.1, -0.05) is 36.4 Å². The van der Waals surface area contributed by atoms with Crippen molar-refractivity contribution >= 4 is 5.91 Å². The molecule has 0 aliphatic rings. The van der Waals surface area contributed by atoms with Crippen molar-refractivity contribution in [1.82, 2.24) is 5.32 Å². The lowest BCUT2D eigenvalue weighted by Crippen LogP contribution is -2.32. The summed E-state index contributed by atoms with van der Waals surface area (Å²) in [5.41, 5.74) is 1.92. The van der Waals surface area contributed by atoms with Crippen LogP contribution in [0.3, 0.4) is 0 Å². The van der Waals surface area contributed by atoms with E-state index in [1.54, 1.807) is 19.2 Å². The fraction of sp³-hybridized carbons (Fsp3) is 0.278. The van der Waals surface area contributed by atoms with E-state index >= 15 is 0 Å². The average molecular weight is 283 g/mol. The molecular weight excluding hydrogens is 262 g/mol. The Bertz CT molecular complexity index is 581. The van der Waals surface area contributed by atoms with Crippen molar-refractivity contribution < 1.29 is 9.53 Å². The summed E-state index contributed by atoms with van der Waals surface area (Å²) < 4.78 is 5.14. The first-order valence-corrected chi connectivity index (χ1v) is 7.18. The molecule has 0 bridgehead atoms. The molecule has 0 heterocycles. The molecule has 0 aliphatic carbocycles. The molecular formula is C18H21NO2. The van der Waals surface area contributed by atoms with E-state index in [2.05, 4.69) is 17.4 Å². The van der Waals surface area contributed by atoms with Gasteiger partial charge in [0, 0.05) is 11.6 Å². The van der Waals surface area contributed by atoms with Gasteiger partial charge in [0.15, 0.2) is 0 Å². The van der Waals surface area contributed by atoms with Gasteiger partial charge in [0.1, 0.15) is 5.75 Å². The number of nitrogens with one attached hydrogen (secondary N) is 1. The van der Waals surface area contributed by atoms with Crippen molar-refractivity contribution in [2.45, 2.75) is 25.8 Å². The zero-order chi connectivity index (χ0) is 15.1. The van der Waals surface area contributed by atoms with Gasteiger partial charge in [-0.15, -0.1) is 0 Å². The number of ether oxygens (including phenoxy) is 1. The second kappa shape index (κ2) is 7.48. The number of benzene rings is 2. The zero-order valence-electron chi connectivity index (χ0n) is 12.5. The topological polar surface area (TPSA) is 38.3 Å². The number of carbonyl (C=O) groups is 1. The van der Waals surface area contributed by atoms with E-state index in [0.29, 0.717) is 11.3 Å². The van der Waals surface area contributed by atoms with Crippen molar-refractivity contribution in [3.05, 3.63) is 65.7 Å². The van der Waals surface area contributed by atoms with E-state index < -0.39 is 0 Å². The molecule has 0 saturated heterocycles. The highest BCUT2D eigenvalue weighted by Gasteiger charge is 2.10. The molecule has 110 valence electrons. The number of aryl methyl sites for hydroxylation is 1. The highest BCUT2D eigenvalue weighted by Crippen LogP contribution is 2.13. The molecule has 21 heavy (non-hydrogen) atoms. The minimum absolute atomic E-state index is 0.0607. The van der Waals surface area contributed by atoms with Crippen LogP contribution < -0.4 is 10.1 Å². The van der Waals surface area contributed by atoms with Crippen LogP contribution in [0.5, 0.6) is 5.75 Å². The Morgan fingerprint density at radius 3 is 2.62 bits per heavy atom. The number of methoxy groups -OCH3 is 1. The minimum atomic E-state index is -0.0607. The third kappa shape index (κ3) is 4.63. The molecule has 3 heteroatoms. The van der Waals surface area contributed by atoms with Crippen LogP contribution in [0, 0.1) is 0 Å². The van der Waals surface area contributed by atoms with Gasteiger partial charge in [-0.3, -0.25) is 4.79 Å². The van der Waals surface area contributed by atoms with Crippen LogP contribution in [0.2, 0.25) is 0 Å². The van der Waals surface area contributed by atoms with Crippen molar-refractivity contribution in [3.8, 4) is 5.75 Å². The molecule has 2 rings (SSSR count). The minimum Gasteiger partial charge on any atom is -0.497 e. The largest absolute Gasteiger partial charge is 0.497 e. The second-order valence-corrected chi connectivity index (χ2v) is 5.13. The number of amides is 1. The highest BCUT2D eigenvalue weighted by atomic mass is 16.5. The summed E-state index contributed by atoms with van der Waals surface area (Å²) in [4.78, 5) is 12.2. The average Bonchev–Trinajstić information content (AvgIpc) is 2.54. The van der Waals surface area contributed by atoms with Gasteiger partial charge in [-0.05, 0) is 43.5 Å². The van der Waals surface area contributed by atoms with Gasteiger partial charge >= 0.3 is 0 Å². The molecule has 1 amide bonds. The Hall–Kier alpha value is -2.29. The van der Waals surface area contributed by atoms with Gasteiger partial charge in [-0.25, -0.2) is 0 Å². The van der Waals surface area contributed by atoms with E-state index in [1.807, 2.05) is 37.3 Å². The molecule has 0 fully saturated rings. The highest BCUT2D eigenvalue weighted by molar-refractivity contribution is 5.94. The Labute approximate surface area is 126 Å². The Kier molecular flexibility index (Phi) is 5.38. The predicted octanol–water partition coefficient (Wildman–Crippen LogP) is 3.45. The summed E-state index contributed by atoms with van der Waals surface area (Å²) in [7, 11) is 1.60. The molecule has 2 aromatic rings. The fourth-order valence-electron chi connectivity index (χ4n) is 2.17. The van der Waals surface area contributed by atoms with E-state index in [0.717, 1.165) is 12.8 Å². The molecule has 0 aliphatic heterocycles. The summed E-state index contributed by atoms with van der Waals surface area (Å²) in [5, 5.41) is 3.02. The fourth-order valence-corrected chi connectivity index (χ4v) is 2.17. The monoisotopic (exact) mass is 283 g/mol. The molecule has 0 saturated carbocycles. The third-order valence-electron chi connectivity index (χ3n) is 3.42. The third-order valence-corrected chi connectivity index (χ3v) is 3.42. The molecule has 2 aromatic carbocycles. The molecule has 1 N–H and O–H groups in total. The van der Waals surface area contributed by atoms with Crippen LogP contribution in [0.25, 0.3) is 0 Å². The van der Waals surface area contributed by atoms with Crippen molar-refractivity contribution in [1.29, 1.82) is 0 Å². The van der Waals surface area contributed by atoms with Crippen LogP contribution >= 0.6 is 0 Å². The Morgan fingerprint density at radius 2 is 1.90 bits per heavy atom. The maximum absolute atomic E-state index is 12.2. The van der Waals surface area contributed by atoms with Crippen LogP contribution in [-0.4, -0.2) is 19.1 Å². The van der Waals surface area contributed by atoms with Crippen LogP contribution in [0.15, 0.2) is 54.6 Å². The summed E-state index contributed by atoms with van der Waals surface area (Å²) in [6.45, 7) is 2.03. The molecule has 3 nitrogen and oxygen atoms in total. The lowest BCUT2D eigenvalue weighted by molar-refractivity contribution is 0.0938. The molecule has 1 atom stereocenters. The summed E-state index contributed by atoms with van der Waals surface area (Å²) in [6, 6.07) is 17.6. The van der Waals surface area contributed by atoms with Gasteiger partial charge in [0.2, 0.25) is 0 Å². The van der Waals surface area contributed by atoms with Gasteiger partial charge in [0.05, 0.1) is 7.11 Å². The number of carbonyl (C=O) groups excluding carboxylic acids is 1. The summed E-state index contributed by atoms with van der Waals surface area (Å²) >= 11 is 0. The zero-order valence-corrected chi connectivity index (χ0v) is 12.5. The normalized spacial score (nSPS) is 11.7. The summed E-state index contributed by atoms with van der Waals surface area (Å²) in [5.74, 6) is 0.633. The van der Waals surface area contributed by atoms with Crippen molar-refractivity contribution in [3.63, 3.8) is 0 Å². The maximum Gasteiger partial charge on any atom is 0.251 e. The lowest BCUT2D eigenvalue weighted by atomic mass is 10.1. The van der Waals surface area contributed by atoms with Crippen LogP contribution in [0.1, 0.15) is 29.3 Å². The lowest BCUT2D eigenvalue weighted by Gasteiger charge is -2.14. The van der Waals surface area contributed by atoms with Crippen molar-refractivity contribution in [2.24, 2.45) is 0 Å². The number of hydrogen-bond donors (Lipinski definition) is 1. The molecule has 0 aromatic heterocycles. The predicted molar refractivity (Wildman–Crippen MR) is 84.7 cm³/mol. The Morgan fingerprint density at radius 1 is 1.14 bits per heavy atom. The van der Waals surface area contributed by atoms with Gasteiger partial charge < -0.3 is 10.1 Å². The maximum atomic E-state index is 12.2. The van der Waals surface area contributed by atoms with Crippen LogP contribution in [-0.2, 0) is 6.42 Å². The number of rotatable bonds is 6. The Balaban J connectivity index is 1.87. The molecule has 0 spiro atoms. The second-order valence-electron chi connectivity index (χ2n) is 5.13. The van der Waals surface area contributed by atoms with E-state index in [9.17, 15) is 4.79 Å². The van der Waals surface area contributed by atoms with Gasteiger partial charge in [0.25, 0.3) is 5.91 Å². The number of hydrogen-bond acceptors (Lipinski definition) is 2. The van der Waals surface area contributed by atoms with E-state index in [4.69, 9.17) is 4.74 Å². The van der Waals surface area contributed by atoms with Crippen LogP contribution in [0.4, 0.5) is 0 Å². The smallest absolute Gasteiger partial charge is 0.251 e. The molecule has 0 unspecified atom stereocenters. The van der Waals surface area contributed by atoms with E-state index in [1.165, 1.54) is 5.56 Å². The standard InChI is InChI=1S/C18H21NO2/c1-14(11-12-15-7-4-3-5-8-15)19-18(20)16-9-6-10-17(13-16)21-2/h3-10,13-14H,11-12H2,1-2H3,(H,19,20)/t14-/m0/s1. The first-order chi connectivity index (χ1) is 10.2. The first-order valence-electron chi connectivity index (χ1n) is 7.18. The SMILES string of the molecule is COc1cccc(C(=O)N[C@@H](C)CCc2ccccc2)c1. The van der Waals surface area contributed by atoms with Crippen molar-refractivity contribution in [2.75, 3.05) is 7.11 Å². The molecule has 0 radical (unpaired) electrons. The first kappa shape index (κ1) is 15.1.